The molecular weight excluding hydrogens is 372 g/mol. The quantitative estimate of drug-likeness (QED) is 0.709. The molecular formula is C20H27ClO6. The van der Waals surface area contributed by atoms with E-state index in [1.165, 1.54) is 0 Å². The summed E-state index contributed by atoms with van der Waals surface area (Å²) in [5, 5.41) is 0. The van der Waals surface area contributed by atoms with Crippen LogP contribution in [0.4, 0.5) is 0 Å². The maximum atomic E-state index is 6.13. The molecule has 3 saturated heterocycles. The van der Waals surface area contributed by atoms with E-state index in [1.807, 2.05) is 52.0 Å². The van der Waals surface area contributed by atoms with Crippen LogP contribution in [-0.4, -0.2) is 48.9 Å². The van der Waals surface area contributed by atoms with Crippen LogP contribution in [0.15, 0.2) is 24.3 Å². The summed E-state index contributed by atoms with van der Waals surface area (Å²) in [5.41, 5.74) is 2.17. The lowest BCUT2D eigenvalue weighted by Gasteiger charge is -2.37. The van der Waals surface area contributed by atoms with Gasteiger partial charge in [-0.3, -0.25) is 0 Å². The minimum absolute atomic E-state index is 0.253. The van der Waals surface area contributed by atoms with E-state index in [0.717, 1.165) is 11.1 Å². The SMILES string of the molecule is CC1(C)O[C@H]2[C@@H](O1)[C@@H](COCc1ccc(CCl)cc1)O[C@@H]1OC(C)(C)O[C@@H]12. The van der Waals surface area contributed by atoms with Gasteiger partial charge in [0.25, 0.3) is 0 Å². The van der Waals surface area contributed by atoms with Gasteiger partial charge in [-0.05, 0) is 38.8 Å². The smallest absolute Gasteiger partial charge is 0.190 e. The number of fused-ring (bicyclic) bond motifs is 3. The number of ether oxygens (including phenoxy) is 6. The van der Waals surface area contributed by atoms with Crippen molar-refractivity contribution in [3.8, 4) is 0 Å². The van der Waals surface area contributed by atoms with Crippen LogP contribution in [-0.2, 0) is 40.9 Å². The molecule has 150 valence electrons. The number of benzene rings is 1. The summed E-state index contributed by atoms with van der Waals surface area (Å²) in [6.45, 7) is 8.42. The highest BCUT2D eigenvalue weighted by Crippen LogP contribution is 2.44. The van der Waals surface area contributed by atoms with Crippen LogP contribution in [0.25, 0.3) is 0 Å². The van der Waals surface area contributed by atoms with Crippen molar-refractivity contribution in [1.82, 2.24) is 0 Å². The Morgan fingerprint density at radius 2 is 1.44 bits per heavy atom. The first-order chi connectivity index (χ1) is 12.8. The van der Waals surface area contributed by atoms with E-state index >= 15 is 0 Å². The topological polar surface area (TPSA) is 55.4 Å². The van der Waals surface area contributed by atoms with Gasteiger partial charge in [0.15, 0.2) is 17.9 Å². The summed E-state index contributed by atoms with van der Waals surface area (Å²) in [6.07, 6.45) is -1.62. The van der Waals surface area contributed by atoms with E-state index in [2.05, 4.69) is 0 Å². The van der Waals surface area contributed by atoms with Crippen LogP contribution in [0, 0.1) is 0 Å². The number of alkyl halides is 1. The minimum Gasteiger partial charge on any atom is -0.374 e. The number of hydrogen-bond donors (Lipinski definition) is 0. The van der Waals surface area contributed by atoms with Crippen molar-refractivity contribution in [2.24, 2.45) is 0 Å². The van der Waals surface area contributed by atoms with Gasteiger partial charge in [0.05, 0.1) is 13.2 Å². The molecule has 0 N–H and O–H groups in total. The molecule has 0 radical (unpaired) electrons. The van der Waals surface area contributed by atoms with Gasteiger partial charge < -0.3 is 28.4 Å². The first-order valence-corrected chi connectivity index (χ1v) is 9.88. The third kappa shape index (κ3) is 4.17. The largest absolute Gasteiger partial charge is 0.374 e. The van der Waals surface area contributed by atoms with Crippen molar-refractivity contribution >= 4 is 11.6 Å². The standard InChI is InChI=1S/C20H27ClO6/c1-19(2)24-15-14(11-22-10-13-7-5-12(9-21)6-8-13)23-18-17(16(15)25-19)26-20(3,4)27-18/h5-8,14-18H,9-11H2,1-4H3/t14-,15+,16+,17-,18-/m1/s1. The molecule has 4 rings (SSSR count). The van der Waals surface area contributed by atoms with Gasteiger partial charge >= 0.3 is 0 Å². The molecule has 27 heavy (non-hydrogen) atoms. The van der Waals surface area contributed by atoms with E-state index in [1.54, 1.807) is 0 Å². The second-order valence-corrected chi connectivity index (χ2v) is 8.44. The summed E-state index contributed by atoms with van der Waals surface area (Å²) in [7, 11) is 0. The average Bonchev–Trinajstić information content (AvgIpc) is 3.10. The predicted octanol–water partition coefficient (Wildman–Crippen LogP) is 3.34. The summed E-state index contributed by atoms with van der Waals surface area (Å²) >= 11 is 5.83. The second-order valence-electron chi connectivity index (χ2n) is 8.17. The Bertz CT molecular complexity index is 661. The van der Waals surface area contributed by atoms with Crippen molar-refractivity contribution in [2.45, 2.75) is 82.5 Å². The third-order valence-corrected chi connectivity index (χ3v) is 5.29. The van der Waals surface area contributed by atoms with Crippen LogP contribution in [0.5, 0.6) is 0 Å². The minimum atomic E-state index is -0.712. The highest BCUT2D eigenvalue weighted by atomic mass is 35.5. The lowest BCUT2D eigenvalue weighted by Crippen LogP contribution is -2.56. The molecule has 0 aliphatic carbocycles. The Hall–Kier alpha value is -0.730. The van der Waals surface area contributed by atoms with Crippen LogP contribution in [0.3, 0.4) is 0 Å². The molecule has 0 saturated carbocycles. The van der Waals surface area contributed by atoms with Crippen LogP contribution < -0.4 is 0 Å². The molecule has 7 heteroatoms. The molecule has 6 nitrogen and oxygen atoms in total. The van der Waals surface area contributed by atoms with Gasteiger partial charge in [-0.2, -0.15) is 0 Å². The molecule has 3 aliphatic rings. The molecule has 0 bridgehead atoms. The molecule has 1 aromatic rings. The first kappa shape index (κ1) is 19.6. The second kappa shape index (κ2) is 7.26. The maximum absolute atomic E-state index is 6.13. The summed E-state index contributed by atoms with van der Waals surface area (Å²) in [6, 6.07) is 8.05. The van der Waals surface area contributed by atoms with Gasteiger partial charge in [0, 0.05) is 5.88 Å². The monoisotopic (exact) mass is 398 g/mol. The fourth-order valence-corrected chi connectivity index (χ4v) is 4.02. The Kier molecular flexibility index (Phi) is 5.27. The van der Waals surface area contributed by atoms with Gasteiger partial charge in [-0.1, -0.05) is 24.3 Å². The summed E-state index contributed by atoms with van der Waals surface area (Å²) in [5.74, 6) is -0.899. The van der Waals surface area contributed by atoms with Crippen LogP contribution in [0.1, 0.15) is 38.8 Å². The molecule has 3 fully saturated rings. The molecule has 0 spiro atoms. The Morgan fingerprint density at radius 1 is 0.852 bits per heavy atom. The molecule has 3 heterocycles. The molecule has 0 amide bonds. The Morgan fingerprint density at radius 3 is 2.15 bits per heavy atom. The van der Waals surface area contributed by atoms with Crippen molar-refractivity contribution < 1.29 is 28.4 Å². The summed E-state index contributed by atoms with van der Waals surface area (Å²) in [4.78, 5) is 0. The molecule has 0 unspecified atom stereocenters. The lowest BCUT2D eigenvalue weighted by molar-refractivity contribution is -0.243. The van der Waals surface area contributed by atoms with E-state index in [4.69, 9.17) is 40.0 Å². The third-order valence-electron chi connectivity index (χ3n) is 4.98. The first-order valence-electron chi connectivity index (χ1n) is 9.35. The number of rotatable bonds is 5. The fraction of sp³-hybridized carbons (Fsp3) is 0.700. The average molecular weight is 399 g/mol. The highest BCUT2D eigenvalue weighted by Gasteiger charge is 2.60. The predicted molar refractivity (Wildman–Crippen MR) is 98.2 cm³/mol. The van der Waals surface area contributed by atoms with E-state index in [0.29, 0.717) is 19.1 Å². The summed E-state index contributed by atoms with van der Waals surface area (Å²) < 4.78 is 36.2. The van der Waals surface area contributed by atoms with Crippen molar-refractivity contribution in [3.05, 3.63) is 35.4 Å². The van der Waals surface area contributed by atoms with Gasteiger partial charge in [0.2, 0.25) is 0 Å². The zero-order valence-electron chi connectivity index (χ0n) is 16.1. The molecule has 1 aromatic carbocycles. The van der Waals surface area contributed by atoms with Crippen molar-refractivity contribution in [3.63, 3.8) is 0 Å². The van der Waals surface area contributed by atoms with Crippen LogP contribution >= 0.6 is 11.6 Å². The van der Waals surface area contributed by atoms with E-state index < -0.39 is 17.9 Å². The zero-order chi connectivity index (χ0) is 19.2. The molecule has 3 aliphatic heterocycles. The van der Waals surface area contributed by atoms with Gasteiger partial charge in [-0.25, -0.2) is 0 Å². The lowest BCUT2D eigenvalue weighted by atomic mass is 9.99. The van der Waals surface area contributed by atoms with Crippen molar-refractivity contribution in [2.75, 3.05) is 6.61 Å². The zero-order valence-corrected chi connectivity index (χ0v) is 16.9. The Labute approximate surface area is 165 Å². The molecule has 5 atom stereocenters. The number of hydrogen-bond acceptors (Lipinski definition) is 6. The fourth-order valence-electron chi connectivity index (χ4n) is 3.85. The highest BCUT2D eigenvalue weighted by molar-refractivity contribution is 6.17. The van der Waals surface area contributed by atoms with E-state index in [-0.39, 0.29) is 24.4 Å². The maximum Gasteiger partial charge on any atom is 0.190 e. The van der Waals surface area contributed by atoms with Crippen LogP contribution in [0.2, 0.25) is 0 Å². The number of halogens is 1. The van der Waals surface area contributed by atoms with Gasteiger partial charge in [0.1, 0.15) is 24.4 Å². The normalized spacial score (nSPS) is 36.4. The van der Waals surface area contributed by atoms with Crippen molar-refractivity contribution in [1.29, 1.82) is 0 Å². The van der Waals surface area contributed by atoms with E-state index in [9.17, 15) is 0 Å². The molecule has 0 aromatic heterocycles. The van der Waals surface area contributed by atoms with Gasteiger partial charge in [-0.15, -0.1) is 11.6 Å². The Balaban J connectivity index is 1.41.